The van der Waals surface area contributed by atoms with Crippen LogP contribution in [0.2, 0.25) is 0 Å². The van der Waals surface area contributed by atoms with Gasteiger partial charge in [-0.05, 0) is 0 Å². The van der Waals surface area contributed by atoms with Crippen molar-refractivity contribution in [1.82, 2.24) is 0 Å². The molecule has 0 saturated carbocycles. The fraction of sp³-hybridized carbons (Fsp3) is 1.00. The van der Waals surface area contributed by atoms with Gasteiger partial charge in [-0.15, -0.1) is 0 Å². The predicted molar refractivity (Wildman–Crippen MR) is 53.4 cm³/mol. The predicted octanol–water partition coefficient (Wildman–Crippen LogP) is 2.08. The van der Waals surface area contributed by atoms with Gasteiger partial charge in [-0.25, -0.2) is 0 Å². The molecule has 0 amide bonds. The standard InChI is InChI=1S/C8H21O3P/c1-3-5-7-11-12(9,10)8-6-4-2/h9-10,12H,3-8H2,1-2H3. The molecule has 2 N–H and O–H groups in total. The Hall–Kier alpha value is 0.310. The second kappa shape index (κ2) is 6.79. The van der Waals surface area contributed by atoms with Crippen molar-refractivity contribution >= 4 is 7.94 Å². The van der Waals surface area contributed by atoms with Crippen molar-refractivity contribution in [3.8, 4) is 0 Å². The van der Waals surface area contributed by atoms with Crippen LogP contribution in [0, 0.1) is 0 Å². The minimum absolute atomic E-state index is 0.438. The summed E-state index contributed by atoms with van der Waals surface area (Å²) in [7, 11) is -3.26. The van der Waals surface area contributed by atoms with Gasteiger partial charge in [0.15, 0.2) is 0 Å². The van der Waals surface area contributed by atoms with Crippen LogP contribution in [0.25, 0.3) is 0 Å². The van der Waals surface area contributed by atoms with Crippen molar-refractivity contribution in [3.05, 3.63) is 0 Å². The zero-order chi connectivity index (χ0) is 9.45. The van der Waals surface area contributed by atoms with Gasteiger partial charge in [0.05, 0.1) is 0 Å². The van der Waals surface area contributed by atoms with E-state index in [1.165, 1.54) is 0 Å². The first-order chi connectivity index (χ1) is 5.62. The second-order valence-corrected chi connectivity index (χ2v) is 5.32. The molecule has 0 aliphatic carbocycles. The molecule has 0 heterocycles. The second-order valence-electron chi connectivity index (χ2n) is 3.05. The van der Waals surface area contributed by atoms with Gasteiger partial charge >= 0.3 is 74.6 Å². The molecule has 0 radical (unpaired) electrons. The van der Waals surface area contributed by atoms with E-state index in [0.717, 1.165) is 25.7 Å². The molecule has 0 aliphatic heterocycles. The van der Waals surface area contributed by atoms with Crippen molar-refractivity contribution in [3.63, 3.8) is 0 Å². The summed E-state index contributed by atoms with van der Waals surface area (Å²) in [5.74, 6) is 0. The van der Waals surface area contributed by atoms with Gasteiger partial charge in [-0.2, -0.15) is 0 Å². The van der Waals surface area contributed by atoms with E-state index in [9.17, 15) is 9.79 Å². The van der Waals surface area contributed by atoms with E-state index < -0.39 is 7.94 Å². The molecular weight excluding hydrogens is 175 g/mol. The third kappa shape index (κ3) is 6.99. The molecule has 0 fully saturated rings. The number of rotatable bonds is 7. The Kier molecular flexibility index (Phi) is 6.96. The zero-order valence-corrected chi connectivity index (χ0v) is 9.05. The van der Waals surface area contributed by atoms with Crippen LogP contribution < -0.4 is 0 Å². The first kappa shape index (κ1) is 12.3. The van der Waals surface area contributed by atoms with Gasteiger partial charge in [0.25, 0.3) is 0 Å². The molecule has 0 aliphatic rings. The SMILES string of the molecule is CCCCO[PH](O)(O)CCCC. The molecule has 12 heavy (non-hydrogen) atoms. The molecule has 3 nitrogen and oxygen atoms in total. The average Bonchev–Trinajstić information content (AvgIpc) is 2.01. The number of unbranched alkanes of at least 4 members (excludes halogenated alkanes) is 2. The van der Waals surface area contributed by atoms with E-state index >= 15 is 0 Å². The molecule has 0 spiro atoms. The molecule has 0 saturated heterocycles. The molecule has 0 rings (SSSR count). The molecule has 0 unspecified atom stereocenters. The van der Waals surface area contributed by atoms with Gasteiger partial charge in [-0.3, -0.25) is 0 Å². The van der Waals surface area contributed by atoms with E-state index in [-0.39, 0.29) is 0 Å². The van der Waals surface area contributed by atoms with Crippen LogP contribution in [-0.4, -0.2) is 22.6 Å². The quantitative estimate of drug-likeness (QED) is 0.484. The molecular formula is C8H21O3P. The topological polar surface area (TPSA) is 49.7 Å². The molecule has 4 heteroatoms. The molecule has 0 aromatic carbocycles. The first-order valence-corrected chi connectivity index (χ1v) is 6.72. The van der Waals surface area contributed by atoms with Crippen LogP contribution in [-0.2, 0) is 4.52 Å². The van der Waals surface area contributed by atoms with Crippen LogP contribution in [0.15, 0.2) is 0 Å². The van der Waals surface area contributed by atoms with Crippen LogP contribution in [0.4, 0.5) is 0 Å². The van der Waals surface area contributed by atoms with Crippen molar-refractivity contribution in [2.45, 2.75) is 39.5 Å². The maximum absolute atomic E-state index is 9.34. The summed E-state index contributed by atoms with van der Waals surface area (Å²) in [5, 5.41) is 0. The van der Waals surface area contributed by atoms with Crippen LogP contribution in [0.3, 0.4) is 0 Å². The van der Waals surface area contributed by atoms with Crippen LogP contribution in [0.5, 0.6) is 0 Å². The third-order valence-electron chi connectivity index (χ3n) is 1.69. The Balaban J connectivity index is 3.42. The van der Waals surface area contributed by atoms with E-state index in [1.807, 2.05) is 13.8 Å². The number of hydrogen-bond acceptors (Lipinski definition) is 3. The minimum atomic E-state index is -3.26. The Morgan fingerprint density at radius 3 is 2.17 bits per heavy atom. The summed E-state index contributed by atoms with van der Waals surface area (Å²) in [6.45, 7) is 4.56. The fourth-order valence-corrected chi connectivity index (χ4v) is 2.29. The maximum atomic E-state index is 9.34. The Bertz CT molecular complexity index is 106. The van der Waals surface area contributed by atoms with Crippen molar-refractivity contribution in [1.29, 1.82) is 0 Å². The summed E-state index contributed by atoms with van der Waals surface area (Å²) >= 11 is 0. The first-order valence-electron chi connectivity index (χ1n) is 4.71. The molecule has 0 aromatic heterocycles. The Morgan fingerprint density at radius 1 is 1.08 bits per heavy atom. The van der Waals surface area contributed by atoms with Gasteiger partial charge in [-0.1, -0.05) is 0 Å². The van der Waals surface area contributed by atoms with E-state index in [2.05, 4.69) is 0 Å². The third-order valence-corrected chi connectivity index (χ3v) is 3.36. The van der Waals surface area contributed by atoms with Crippen molar-refractivity contribution in [2.24, 2.45) is 0 Å². The normalized spacial score (nSPS) is 13.3. The summed E-state index contributed by atoms with van der Waals surface area (Å²) < 4.78 is 5.02. The zero-order valence-electron chi connectivity index (χ0n) is 8.05. The van der Waals surface area contributed by atoms with Gasteiger partial charge in [0, 0.05) is 0 Å². The van der Waals surface area contributed by atoms with Gasteiger partial charge < -0.3 is 0 Å². The van der Waals surface area contributed by atoms with Crippen molar-refractivity contribution < 1.29 is 14.3 Å². The molecule has 76 valence electrons. The Morgan fingerprint density at radius 2 is 1.67 bits per heavy atom. The summed E-state index contributed by atoms with van der Waals surface area (Å²) in [6.07, 6.45) is 4.19. The van der Waals surface area contributed by atoms with Crippen molar-refractivity contribution in [2.75, 3.05) is 12.8 Å². The number of hydrogen-bond donors (Lipinski definition) is 2. The van der Waals surface area contributed by atoms with E-state index in [0.29, 0.717) is 12.8 Å². The Labute approximate surface area is 75.3 Å². The van der Waals surface area contributed by atoms with Gasteiger partial charge in [0.1, 0.15) is 0 Å². The van der Waals surface area contributed by atoms with Gasteiger partial charge in [0.2, 0.25) is 0 Å². The summed E-state index contributed by atoms with van der Waals surface area (Å²) in [5.41, 5.74) is 0. The fourth-order valence-electron chi connectivity index (χ4n) is 0.859. The molecule has 0 bridgehead atoms. The average molecular weight is 196 g/mol. The summed E-state index contributed by atoms with van der Waals surface area (Å²) in [4.78, 5) is 18.7. The van der Waals surface area contributed by atoms with Crippen LogP contribution in [0.1, 0.15) is 39.5 Å². The van der Waals surface area contributed by atoms with E-state index in [1.54, 1.807) is 0 Å². The molecule has 0 atom stereocenters. The van der Waals surface area contributed by atoms with Crippen LogP contribution >= 0.6 is 7.94 Å². The molecule has 0 aromatic rings. The summed E-state index contributed by atoms with van der Waals surface area (Å²) in [6, 6.07) is 0. The monoisotopic (exact) mass is 196 g/mol. The van der Waals surface area contributed by atoms with E-state index in [4.69, 9.17) is 4.52 Å².